The van der Waals surface area contributed by atoms with Crippen molar-refractivity contribution >= 4 is 11.4 Å². The van der Waals surface area contributed by atoms with E-state index in [9.17, 15) is 4.79 Å². The third-order valence-corrected chi connectivity index (χ3v) is 2.44. The summed E-state index contributed by atoms with van der Waals surface area (Å²) in [6, 6.07) is 5.60. The highest BCUT2D eigenvalue weighted by Crippen LogP contribution is 2.22. The Morgan fingerprint density at radius 1 is 1.44 bits per heavy atom. The van der Waals surface area contributed by atoms with Gasteiger partial charge in [0.15, 0.2) is 11.5 Å². The third-order valence-electron chi connectivity index (χ3n) is 2.44. The molecule has 0 aliphatic heterocycles. The quantitative estimate of drug-likeness (QED) is 0.742. The van der Waals surface area contributed by atoms with Crippen molar-refractivity contribution in [1.29, 1.82) is 0 Å². The molecule has 16 heavy (non-hydrogen) atoms. The predicted molar refractivity (Wildman–Crippen MR) is 60.9 cm³/mol. The molecule has 2 aromatic heterocycles. The summed E-state index contributed by atoms with van der Waals surface area (Å²) in [4.78, 5) is 16.2. The highest BCUT2D eigenvalue weighted by molar-refractivity contribution is 5.98. The second-order valence-corrected chi connectivity index (χ2v) is 3.92. The van der Waals surface area contributed by atoms with Crippen molar-refractivity contribution in [3.05, 3.63) is 30.1 Å². The minimum atomic E-state index is -0.0844. The van der Waals surface area contributed by atoms with Crippen molar-refractivity contribution in [2.75, 3.05) is 7.11 Å². The van der Waals surface area contributed by atoms with E-state index >= 15 is 0 Å². The van der Waals surface area contributed by atoms with E-state index in [1.165, 1.54) is 0 Å². The van der Waals surface area contributed by atoms with Crippen LogP contribution in [-0.4, -0.2) is 22.3 Å². The Labute approximate surface area is 93.9 Å². The summed E-state index contributed by atoms with van der Waals surface area (Å²) in [6.45, 7) is 3.71. The van der Waals surface area contributed by atoms with Crippen LogP contribution in [0.15, 0.2) is 24.4 Å². The summed E-state index contributed by atoms with van der Waals surface area (Å²) >= 11 is 0. The Morgan fingerprint density at radius 3 is 2.81 bits per heavy atom. The van der Waals surface area contributed by atoms with Crippen LogP contribution in [0, 0.1) is 5.92 Å². The van der Waals surface area contributed by atoms with Gasteiger partial charge in [-0.15, -0.1) is 0 Å². The summed E-state index contributed by atoms with van der Waals surface area (Å²) in [5.74, 6) is 0.425. The fourth-order valence-electron chi connectivity index (χ4n) is 1.60. The fourth-order valence-corrected chi connectivity index (χ4v) is 1.60. The molecule has 0 spiro atoms. The molecule has 0 bridgehead atoms. The van der Waals surface area contributed by atoms with Gasteiger partial charge >= 0.3 is 0 Å². The molecule has 0 radical (unpaired) electrons. The van der Waals surface area contributed by atoms with Crippen LogP contribution in [0.4, 0.5) is 0 Å². The molecule has 0 N–H and O–H groups in total. The van der Waals surface area contributed by atoms with Gasteiger partial charge in [0.25, 0.3) is 0 Å². The van der Waals surface area contributed by atoms with Crippen molar-refractivity contribution in [3.8, 4) is 5.88 Å². The van der Waals surface area contributed by atoms with Crippen LogP contribution in [0.25, 0.3) is 5.65 Å². The lowest BCUT2D eigenvalue weighted by Crippen LogP contribution is -2.09. The van der Waals surface area contributed by atoms with Crippen LogP contribution in [0.5, 0.6) is 5.88 Å². The molecule has 0 saturated carbocycles. The van der Waals surface area contributed by atoms with E-state index in [1.54, 1.807) is 11.5 Å². The number of methoxy groups -OCH3 is 1. The molecule has 2 aromatic rings. The van der Waals surface area contributed by atoms with Crippen molar-refractivity contribution in [2.24, 2.45) is 5.92 Å². The van der Waals surface area contributed by atoms with Gasteiger partial charge in [0.1, 0.15) is 5.65 Å². The van der Waals surface area contributed by atoms with E-state index in [-0.39, 0.29) is 11.7 Å². The normalized spacial score (nSPS) is 11.0. The standard InChI is InChI=1S/C12H14N2O2/c1-8(2)11(15)10-12(16-3)14-7-5-4-6-9(14)13-10/h4-8H,1-3H3. The van der Waals surface area contributed by atoms with Crippen molar-refractivity contribution in [1.82, 2.24) is 9.38 Å². The minimum absolute atomic E-state index is 0.000509. The Kier molecular flexibility index (Phi) is 2.64. The molecule has 2 rings (SSSR count). The summed E-state index contributed by atoms with van der Waals surface area (Å²) < 4.78 is 7.02. The van der Waals surface area contributed by atoms with Crippen molar-refractivity contribution < 1.29 is 9.53 Å². The molecule has 0 aromatic carbocycles. The average Bonchev–Trinajstić information content (AvgIpc) is 2.65. The van der Waals surface area contributed by atoms with Gasteiger partial charge in [0, 0.05) is 12.1 Å². The average molecular weight is 218 g/mol. The zero-order valence-corrected chi connectivity index (χ0v) is 9.60. The molecule has 0 saturated heterocycles. The maximum absolute atomic E-state index is 11.9. The number of imidazole rings is 1. The SMILES string of the molecule is COc1c(C(=O)C(C)C)nc2ccccn12. The maximum Gasteiger partial charge on any atom is 0.229 e. The number of ether oxygens (including phenoxy) is 1. The number of Topliss-reactive ketones (excluding diaryl/α,β-unsaturated/α-hetero) is 1. The summed E-state index contributed by atoms with van der Waals surface area (Å²) in [6.07, 6.45) is 1.83. The lowest BCUT2D eigenvalue weighted by Gasteiger charge is -2.03. The van der Waals surface area contributed by atoms with Crippen LogP contribution in [-0.2, 0) is 0 Å². The number of fused-ring (bicyclic) bond motifs is 1. The van der Waals surface area contributed by atoms with Gasteiger partial charge in [-0.25, -0.2) is 4.98 Å². The highest BCUT2D eigenvalue weighted by Gasteiger charge is 2.21. The van der Waals surface area contributed by atoms with Gasteiger partial charge in [0.2, 0.25) is 5.88 Å². The van der Waals surface area contributed by atoms with Crippen LogP contribution < -0.4 is 4.74 Å². The van der Waals surface area contributed by atoms with E-state index < -0.39 is 0 Å². The number of hydrogen-bond acceptors (Lipinski definition) is 3. The van der Waals surface area contributed by atoms with E-state index in [1.807, 2.05) is 38.2 Å². The molecular weight excluding hydrogens is 204 g/mol. The lowest BCUT2D eigenvalue weighted by molar-refractivity contribution is 0.0931. The number of rotatable bonds is 3. The predicted octanol–water partition coefficient (Wildman–Crippen LogP) is 2.18. The molecule has 0 aliphatic rings. The van der Waals surface area contributed by atoms with Gasteiger partial charge in [-0.3, -0.25) is 9.20 Å². The van der Waals surface area contributed by atoms with Gasteiger partial charge in [0.05, 0.1) is 7.11 Å². The molecule has 4 heteroatoms. The first-order chi connectivity index (χ1) is 7.65. The number of pyridine rings is 1. The Hall–Kier alpha value is -1.84. The zero-order chi connectivity index (χ0) is 11.7. The maximum atomic E-state index is 11.9. The van der Waals surface area contributed by atoms with Crippen LogP contribution in [0.1, 0.15) is 24.3 Å². The first-order valence-corrected chi connectivity index (χ1v) is 5.20. The number of ketones is 1. The molecule has 84 valence electrons. The number of hydrogen-bond donors (Lipinski definition) is 0. The number of aromatic nitrogens is 2. The van der Waals surface area contributed by atoms with Gasteiger partial charge in [-0.2, -0.15) is 0 Å². The Bertz CT molecular complexity index is 529. The largest absolute Gasteiger partial charge is 0.480 e. The number of carbonyl (C=O) groups is 1. The smallest absolute Gasteiger partial charge is 0.229 e. The second kappa shape index (κ2) is 3.96. The van der Waals surface area contributed by atoms with Crippen LogP contribution >= 0.6 is 0 Å². The first kappa shape index (κ1) is 10.7. The van der Waals surface area contributed by atoms with Gasteiger partial charge < -0.3 is 4.74 Å². The van der Waals surface area contributed by atoms with E-state index in [0.717, 1.165) is 5.65 Å². The Morgan fingerprint density at radius 2 is 2.19 bits per heavy atom. The first-order valence-electron chi connectivity index (χ1n) is 5.20. The third kappa shape index (κ3) is 1.56. The summed E-state index contributed by atoms with van der Waals surface area (Å²) in [7, 11) is 1.55. The van der Waals surface area contributed by atoms with Crippen molar-refractivity contribution in [2.45, 2.75) is 13.8 Å². The highest BCUT2D eigenvalue weighted by atomic mass is 16.5. The second-order valence-electron chi connectivity index (χ2n) is 3.92. The number of nitrogens with zero attached hydrogens (tertiary/aromatic N) is 2. The molecule has 2 heterocycles. The summed E-state index contributed by atoms with van der Waals surface area (Å²) in [5, 5.41) is 0. The van der Waals surface area contributed by atoms with E-state index in [0.29, 0.717) is 11.6 Å². The lowest BCUT2D eigenvalue weighted by atomic mass is 10.1. The van der Waals surface area contributed by atoms with Gasteiger partial charge in [-0.05, 0) is 12.1 Å². The molecule has 0 unspecified atom stereocenters. The topological polar surface area (TPSA) is 43.6 Å². The summed E-state index contributed by atoms with van der Waals surface area (Å²) in [5.41, 5.74) is 1.13. The van der Waals surface area contributed by atoms with E-state index in [4.69, 9.17) is 4.74 Å². The molecule has 4 nitrogen and oxygen atoms in total. The van der Waals surface area contributed by atoms with Crippen LogP contribution in [0.3, 0.4) is 0 Å². The van der Waals surface area contributed by atoms with Crippen molar-refractivity contribution in [3.63, 3.8) is 0 Å². The molecule has 0 atom stereocenters. The molecule has 0 amide bonds. The minimum Gasteiger partial charge on any atom is -0.480 e. The fraction of sp³-hybridized carbons (Fsp3) is 0.333. The molecular formula is C12H14N2O2. The molecule has 0 fully saturated rings. The van der Waals surface area contributed by atoms with Gasteiger partial charge in [-0.1, -0.05) is 19.9 Å². The zero-order valence-electron chi connectivity index (χ0n) is 9.60. The number of carbonyl (C=O) groups excluding carboxylic acids is 1. The van der Waals surface area contributed by atoms with Crippen LogP contribution in [0.2, 0.25) is 0 Å². The Balaban J connectivity index is 2.65. The van der Waals surface area contributed by atoms with E-state index in [2.05, 4.69) is 4.98 Å². The molecule has 0 aliphatic carbocycles. The monoisotopic (exact) mass is 218 g/mol.